The van der Waals surface area contributed by atoms with E-state index >= 15 is 0 Å². The number of nitrogens with zero attached hydrogens (tertiary/aromatic N) is 2. The molecule has 2 amide bonds. The molecule has 1 unspecified atom stereocenters. The molecule has 1 aliphatic rings. The Morgan fingerprint density at radius 3 is 2.59 bits per heavy atom. The van der Waals surface area contributed by atoms with Gasteiger partial charge in [-0.15, -0.1) is 0 Å². The third kappa shape index (κ3) is 4.46. The Labute approximate surface area is 159 Å². The maximum absolute atomic E-state index is 12.8. The highest BCUT2D eigenvalue weighted by molar-refractivity contribution is 6.05. The lowest BCUT2D eigenvalue weighted by Gasteiger charge is -2.33. The van der Waals surface area contributed by atoms with E-state index in [-0.39, 0.29) is 17.9 Å². The van der Waals surface area contributed by atoms with Crippen molar-refractivity contribution in [3.63, 3.8) is 0 Å². The van der Waals surface area contributed by atoms with Gasteiger partial charge >= 0.3 is 0 Å². The van der Waals surface area contributed by atoms with Gasteiger partial charge in [0.15, 0.2) is 0 Å². The second kappa shape index (κ2) is 8.22. The second-order valence-corrected chi connectivity index (χ2v) is 6.90. The van der Waals surface area contributed by atoms with Gasteiger partial charge in [-0.1, -0.05) is 12.1 Å². The summed E-state index contributed by atoms with van der Waals surface area (Å²) in [7, 11) is 3.86. The summed E-state index contributed by atoms with van der Waals surface area (Å²) >= 11 is 0. The number of carbonyl (C=O) groups is 2. The average molecular weight is 367 g/mol. The van der Waals surface area contributed by atoms with Crippen LogP contribution in [0.3, 0.4) is 0 Å². The van der Waals surface area contributed by atoms with Crippen LogP contribution in [0.5, 0.6) is 0 Å². The van der Waals surface area contributed by atoms with Crippen LogP contribution in [-0.4, -0.2) is 56.6 Å². The summed E-state index contributed by atoms with van der Waals surface area (Å²) in [6, 6.07) is 14.5. The van der Waals surface area contributed by atoms with Crippen LogP contribution in [0.4, 0.5) is 11.4 Å². The lowest BCUT2D eigenvalue weighted by molar-refractivity contribution is 0.00359. The number of anilines is 2. The average Bonchev–Trinajstić information content (AvgIpc) is 2.68. The summed E-state index contributed by atoms with van der Waals surface area (Å²) in [6.07, 6.45) is 0. The highest BCUT2D eigenvalue weighted by Gasteiger charge is 2.24. The molecule has 0 aliphatic carbocycles. The van der Waals surface area contributed by atoms with Crippen molar-refractivity contribution in [2.45, 2.75) is 13.0 Å². The monoisotopic (exact) mass is 367 g/mol. The lowest BCUT2D eigenvalue weighted by atomic mass is 10.1. The standard InChI is InChI=1S/C21H25N3O3/c1-15-14-27-11-10-24(15)21(26)17-7-4-8-18(12-17)22-20(25)16-6-5-9-19(13-16)23(2)3/h4-9,12-13,15H,10-11,14H2,1-3H3,(H,22,25). The van der Waals surface area contributed by atoms with Crippen LogP contribution in [0.1, 0.15) is 27.6 Å². The van der Waals surface area contributed by atoms with Crippen molar-refractivity contribution in [1.82, 2.24) is 4.90 Å². The summed E-state index contributed by atoms with van der Waals surface area (Å²) in [4.78, 5) is 29.1. The quantitative estimate of drug-likeness (QED) is 0.903. The first-order valence-electron chi connectivity index (χ1n) is 9.03. The van der Waals surface area contributed by atoms with Gasteiger partial charge in [0.2, 0.25) is 0 Å². The van der Waals surface area contributed by atoms with Gasteiger partial charge in [0, 0.05) is 43.1 Å². The molecule has 1 fully saturated rings. The number of morpholine rings is 1. The number of rotatable bonds is 4. The Kier molecular flexibility index (Phi) is 5.76. The highest BCUT2D eigenvalue weighted by Crippen LogP contribution is 2.18. The van der Waals surface area contributed by atoms with Crippen LogP contribution in [0.2, 0.25) is 0 Å². The smallest absolute Gasteiger partial charge is 0.255 e. The Balaban J connectivity index is 1.74. The summed E-state index contributed by atoms with van der Waals surface area (Å²) < 4.78 is 5.40. The molecule has 2 aromatic rings. The SMILES string of the molecule is CC1COCCN1C(=O)c1cccc(NC(=O)c2cccc(N(C)C)c2)c1. The molecule has 27 heavy (non-hydrogen) atoms. The number of carbonyl (C=O) groups excluding carboxylic acids is 2. The van der Waals surface area contributed by atoms with E-state index in [2.05, 4.69) is 5.32 Å². The van der Waals surface area contributed by atoms with Crippen LogP contribution in [0.15, 0.2) is 48.5 Å². The van der Waals surface area contributed by atoms with Gasteiger partial charge in [-0.3, -0.25) is 9.59 Å². The molecule has 1 atom stereocenters. The van der Waals surface area contributed by atoms with E-state index in [1.165, 1.54) is 0 Å². The van der Waals surface area contributed by atoms with Gasteiger partial charge < -0.3 is 19.9 Å². The minimum atomic E-state index is -0.206. The molecular formula is C21H25N3O3. The Bertz CT molecular complexity index is 835. The first-order chi connectivity index (χ1) is 13.0. The lowest BCUT2D eigenvalue weighted by Crippen LogP contribution is -2.47. The van der Waals surface area contributed by atoms with E-state index in [0.717, 1.165) is 5.69 Å². The second-order valence-electron chi connectivity index (χ2n) is 6.90. The number of amides is 2. The molecule has 1 heterocycles. The number of nitrogens with one attached hydrogen (secondary N) is 1. The number of ether oxygens (including phenoxy) is 1. The minimum Gasteiger partial charge on any atom is -0.378 e. The largest absolute Gasteiger partial charge is 0.378 e. The van der Waals surface area contributed by atoms with Gasteiger partial charge in [0.05, 0.1) is 19.3 Å². The van der Waals surface area contributed by atoms with Gasteiger partial charge in [-0.25, -0.2) is 0 Å². The van der Waals surface area contributed by atoms with Crippen molar-refractivity contribution in [2.24, 2.45) is 0 Å². The van der Waals surface area contributed by atoms with Crippen molar-refractivity contribution in [3.8, 4) is 0 Å². The summed E-state index contributed by atoms with van der Waals surface area (Å²) in [5.41, 5.74) is 2.68. The van der Waals surface area contributed by atoms with Gasteiger partial charge in [-0.2, -0.15) is 0 Å². The third-order valence-corrected chi connectivity index (χ3v) is 4.62. The fourth-order valence-electron chi connectivity index (χ4n) is 3.05. The Morgan fingerprint density at radius 2 is 1.85 bits per heavy atom. The molecule has 6 nitrogen and oxygen atoms in total. The van der Waals surface area contributed by atoms with Crippen molar-refractivity contribution in [1.29, 1.82) is 0 Å². The molecule has 0 aromatic heterocycles. The molecule has 1 aliphatic heterocycles. The Hall–Kier alpha value is -2.86. The van der Waals surface area contributed by atoms with Gasteiger partial charge in [-0.05, 0) is 43.3 Å². The van der Waals surface area contributed by atoms with Crippen molar-refractivity contribution >= 4 is 23.2 Å². The zero-order valence-corrected chi connectivity index (χ0v) is 15.9. The van der Waals surface area contributed by atoms with Crippen LogP contribution >= 0.6 is 0 Å². The molecule has 2 aromatic carbocycles. The minimum absolute atomic E-state index is 0.0401. The summed E-state index contributed by atoms with van der Waals surface area (Å²) in [5, 5.41) is 2.88. The highest BCUT2D eigenvalue weighted by atomic mass is 16.5. The normalized spacial score (nSPS) is 16.7. The molecule has 1 saturated heterocycles. The van der Waals surface area contributed by atoms with E-state index in [0.29, 0.717) is 36.6 Å². The zero-order chi connectivity index (χ0) is 19.4. The number of benzene rings is 2. The third-order valence-electron chi connectivity index (χ3n) is 4.62. The molecule has 6 heteroatoms. The van der Waals surface area contributed by atoms with Gasteiger partial charge in [0.1, 0.15) is 0 Å². The molecule has 3 rings (SSSR count). The van der Waals surface area contributed by atoms with E-state index < -0.39 is 0 Å². The van der Waals surface area contributed by atoms with Gasteiger partial charge in [0.25, 0.3) is 11.8 Å². The van der Waals surface area contributed by atoms with Crippen molar-refractivity contribution in [2.75, 3.05) is 44.1 Å². The van der Waals surface area contributed by atoms with E-state index in [1.54, 1.807) is 30.3 Å². The van der Waals surface area contributed by atoms with Crippen LogP contribution < -0.4 is 10.2 Å². The molecule has 142 valence electrons. The van der Waals surface area contributed by atoms with E-state index in [4.69, 9.17) is 4.74 Å². The van der Waals surface area contributed by atoms with Crippen LogP contribution in [0.25, 0.3) is 0 Å². The van der Waals surface area contributed by atoms with Crippen LogP contribution in [-0.2, 0) is 4.74 Å². The van der Waals surface area contributed by atoms with E-state index in [9.17, 15) is 9.59 Å². The number of hydrogen-bond acceptors (Lipinski definition) is 4. The molecule has 0 radical (unpaired) electrons. The topological polar surface area (TPSA) is 61.9 Å². The maximum Gasteiger partial charge on any atom is 0.255 e. The molecule has 0 bridgehead atoms. The molecule has 1 N–H and O–H groups in total. The zero-order valence-electron chi connectivity index (χ0n) is 15.9. The van der Waals surface area contributed by atoms with Crippen molar-refractivity contribution in [3.05, 3.63) is 59.7 Å². The number of hydrogen-bond donors (Lipinski definition) is 1. The fourth-order valence-corrected chi connectivity index (χ4v) is 3.05. The molecule has 0 saturated carbocycles. The van der Waals surface area contributed by atoms with Crippen molar-refractivity contribution < 1.29 is 14.3 Å². The maximum atomic E-state index is 12.8. The first kappa shape index (κ1) is 18.9. The summed E-state index contributed by atoms with van der Waals surface area (Å²) in [5.74, 6) is -0.250. The molecular weight excluding hydrogens is 342 g/mol. The van der Waals surface area contributed by atoms with Crippen LogP contribution in [0, 0.1) is 0 Å². The van der Waals surface area contributed by atoms with E-state index in [1.807, 2.05) is 49.0 Å². The summed E-state index contributed by atoms with van der Waals surface area (Å²) in [6.45, 7) is 3.65. The fraction of sp³-hybridized carbons (Fsp3) is 0.333. The molecule has 0 spiro atoms. The predicted molar refractivity (Wildman–Crippen MR) is 106 cm³/mol. The Morgan fingerprint density at radius 1 is 1.11 bits per heavy atom. The first-order valence-corrected chi connectivity index (χ1v) is 9.03. The predicted octanol–water partition coefficient (Wildman–Crippen LogP) is 2.87.